The summed E-state index contributed by atoms with van der Waals surface area (Å²) in [7, 11) is 3.21. The molecule has 7 heteroatoms. The molecule has 0 aliphatic rings. The first-order valence-electron chi connectivity index (χ1n) is 7.33. The van der Waals surface area contributed by atoms with Crippen LogP contribution in [-0.2, 0) is 11.5 Å². The first-order chi connectivity index (χ1) is 11.5. The summed E-state index contributed by atoms with van der Waals surface area (Å²) < 4.78 is 0. The van der Waals surface area contributed by atoms with Crippen molar-refractivity contribution in [1.82, 2.24) is 9.97 Å². The van der Waals surface area contributed by atoms with Gasteiger partial charge in [-0.25, -0.2) is 0 Å². The van der Waals surface area contributed by atoms with E-state index in [1.165, 1.54) is 0 Å². The minimum Gasteiger partial charge on any atom is -0.506 e. The molecule has 0 unspecified atom stereocenters. The first-order valence-corrected chi connectivity index (χ1v) is 9.82. The molecular weight excluding hydrogens is 376 g/mol. The van der Waals surface area contributed by atoms with Gasteiger partial charge in [0.05, 0.1) is 11.4 Å². The maximum absolute atomic E-state index is 10.2. The number of aryl methyl sites for hydroxylation is 2. The van der Waals surface area contributed by atoms with E-state index in [9.17, 15) is 10.2 Å². The average molecular weight is 397 g/mol. The van der Waals surface area contributed by atoms with Crippen molar-refractivity contribution in [3.8, 4) is 11.5 Å². The molecule has 0 bridgehead atoms. The minimum atomic E-state index is 0. The molecule has 0 saturated carbocycles. The number of halogens is 1. The van der Waals surface area contributed by atoms with E-state index in [0.717, 1.165) is 22.3 Å². The van der Waals surface area contributed by atoms with E-state index in [-0.39, 0.29) is 23.9 Å². The molecule has 25 heavy (non-hydrogen) atoms. The summed E-state index contributed by atoms with van der Waals surface area (Å²) in [5.41, 5.74) is 4.54. The number of pyridine rings is 2. The van der Waals surface area contributed by atoms with Gasteiger partial charge in [0.15, 0.2) is 0 Å². The fraction of sp³-hybridized carbons (Fsp3) is 0.222. The molecule has 0 radical (unpaired) electrons. The van der Waals surface area contributed by atoms with Gasteiger partial charge in [0.25, 0.3) is 0 Å². The molecule has 0 atom stereocenters. The molecule has 134 valence electrons. The highest BCUT2D eigenvalue weighted by Gasteiger charge is 2.13. The molecule has 2 heterocycles. The molecule has 0 aliphatic carbocycles. The van der Waals surface area contributed by atoms with E-state index in [4.69, 9.17) is 0 Å². The van der Waals surface area contributed by atoms with Crippen molar-refractivity contribution in [2.75, 3.05) is 0 Å². The standard InChI is InChI=1S/C18H20N2O2S2.ClH/c1-5-13-7-19-11(3)17(21)15(13)9-23-24-10-16-14(6-2)8-20-12(4)18(16)22;/h5-8,21-22H,1-2,9-10H2,3-4H3;1H. The van der Waals surface area contributed by atoms with Crippen LogP contribution >= 0.6 is 34.0 Å². The fourth-order valence-corrected chi connectivity index (χ4v) is 4.39. The molecule has 0 amide bonds. The van der Waals surface area contributed by atoms with E-state index in [1.807, 2.05) is 0 Å². The predicted octanol–water partition coefficient (Wildman–Crippen LogP) is 5.29. The van der Waals surface area contributed by atoms with Gasteiger partial charge in [-0.1, -0.05) is 46.9 Å². The van der Waals surface area contributed by atoms with Crippen molar-refractivity contribution in [3.63, 3.8) is 0 Å². The quantitative estimate of drug-likeness (QED) is 0.489. The van der Waals surface area contributed by atoms with Crippen LogP contribution in [0.25, 0.3) is 12.2 Å². The number of aromatic nitrogens is 2. The SMILES string of the molecule is C=Cc1cnc(C)c(O)c1CSSCc1c(C=C)cnc(C)c1O.Cl. The van der Waals surface area contributed by atoms with E-state index < -0.39 is 0 Å². The third-order valence-corrected chi connectivity index (χ3v) is 5.87. The van der Waals surface area contributed by atoms with Crippen molar-refractivity contribution in [2.24, 2.45) is 0 Å². The second-order valence-electron chi connectivity index (χ2n) is 5.18. The van der Waals surface area contributed by atoms with Gasteiger partial charge in [0.2, 0.25) is 0 Å². The zero-order chi connectivity index (χ0) is 17.7. The van der Waals surface area contributed by atoms with Crippen LogP contribution in [0.3, 0.4) is 0 Å². The third-order valence-electron chi connectivity index (χ3n) is 3.68. The van der Waals surface area contributed by atoms with Gasteiger partial charge in [0.1, 0.15) is 11.5 Å². The Morgan fingerprint density at radius 2 is 1.24 bits per heavy atom. The molecule has 0 aliphatic heterocycles. The Hall–Kier alpha value is -1.63. The normalized spacial score (nSPS) is 10.2. The number of aromatic hydroxyl groups is 2. The van der Waals surface area contributed by atoms with Crippen LogP contribution in [0.1, 0.15) is 33.6 Å². The largest absolute Gasteiger partial charge is 0.506 e. The van der Waals surface area contributed by atoms with Crippen LogP contribution in [0, 0.1) is 13.8 Å². The summed E-state index contributed by atoms with van der Waals surface area (Å²) in [6, 6.07) is 0. The second-order valence-corrected chi connectivity index (χ2v) is 7.65. The van der Waals surface area contributed by atoms with Crippen molar-refractivity contribution >= 4 is 46.1 Å². The lowest BCUT2D eigenvalue weighted by Gasteiger charge is -2.11. The van der Waals surface area contributed by atoms with Crippen LogP contribution in [-0.4, -0.2) is 20.2 Å². The highest BCUT2D eigenvalue weighted by molar-refractivity contribution is 8.76. The molecule has 2 aromatic rings. The van der Waals surface area contributed by atoms with Crippen molar-refractivity contribution in [1.29, 1.82) is 0 Å². The monoisotopic (exact) mass is 396 g/mol. The molecule has 0 fully saturated rings. The lowest BCUT2D eigenvalue weighted by atomic mass is 10.1. The van der Waals surface area contributed by atoms with Crippen molar-refractivity contribution in [3.05, 3.63) is 59.2 Å². The lowest BCUT2D eigenvalue weighted by Crippen LogP contribution is -1.94. The van der Waals surface area contributed by atoms with Crippen LogP contribution in [0.2, 0.25) is 0 Å². The number of nitrogens with zero attached hydrogens (tertiary/aromatic N) is 2. The summed E-state index contributed by atoms with van der Waals surface area (Å²) in [6.45, 7) is 11.1. The van der Waals surface area contributed by atoms with E-state index in [0.29, 0.717) is 22.9 Å². The van der Waals surface area contributed by atoms with Gasteiger partial charge in [-0.2, -0.15) is 0 Å². The second kappa shape index (κ2) is 9.75. The maximum atomic E-state index is 10.2. The Bertz CT molecular complexity index is 717. The number of hydrogen-bond donors (Lipinski definition) is 2. The molecule has 2 aromatic heterocycles. The third kappa shape index (κ3) is 4.93. The smallest absolute Gasteiger partial charge is 0.141 e. The topological polar surface area (TPSA) is 66.2 Å². The summed E-state index contributed by atoms with van der Waals surface area (Å²) in [4.78, 5) is 8.28. The molecule has 2 rings (SSSR count). The molecular formula is C18H21ClN2O2S2. The minimum absolute atomic E-state index is 0. The summed E-state index contributed by atoms with van der Waals surface area (Å²) in [6.07, 6.45) is 6.83. The molecule has 0 spiro atoms. The van der Waals surface area contributed by atoms with Gasteiger partial charge >= 0.3 is 0 Å². The summed E-state index contributed by atoms with van der Waals surface area (Å²) in [5.74, 6) is 1.68. The van der Waals surface area contributed by atoms with E-state index in [1.54, 1.807) is 60.0 Å². The molecule has 0 aromatic carbocycles. The van der Waals surface area contributed by atoms with Crippen molar-refractivity contribution in [2.45, 2.75) is 25.4 Å². The lowest BCUT2D eigenvalue weighted by molar-refractivity contribution is 0.462. The zero-order valence-corrected chi connectivity index (χ0v) is 16.6. The van der Waals surface area contributed by atoms with Crippen molar-refractivity contribution < 1.29 is 10.2 Å². The van der Waals surface area contributed by atoms with Gasteiger partial charge in [-0.05, 0) is 25.0 Å². The Morgan fingerprint density at radius 1 is 0.880 bits per heavy atom. The van der Waals surface area contributed by atoms with Crippen LogP contribution in [0.4, 0.5) is 0 Å². The average Bonchev–Trinajstić information content (AvgIpc) is 2.58. The Morgan fingerprint density at radius 3 is 1.56 bits per heavy atom. The first kappa shape index (κ1) is 21.4. The number of rotatable bonds is 7. The highest BCUT2D eigenvalue weighted by atomic mass is 35.5. The van der Waals surface area contributed by atoms with Crippen LogP contribution < -0.4 is 0 Å². The van der Waals surface area contributed by atoms with Crippen LogP contribution in [0.15, 0.2) is 25.6 Å². The fourth-order valence-electron chi connectivity index (χ4n) is 2.18. The molecule has 0 saturated heterocycles. The number of hydrogen-bond acceptors (Lipinski definition) is 6. The van der Waals surface area contributed by atoms with Gasteiger partial charge in [0, 0.05) is 35.0 Å². The summed E-state index contributed by atoms with van der Waals surface area (Å²) in [5, 5.41) is 20.4. The van der Waals surface area contributed by atoms with Gasteiger partial charge in [-0.3, -0.25) is 9.97 Å². The maximum Gasteiger partial charge on any atom is 0.141 e. The Labute approximate surface area is 162 Å². The van der Waals surface area contributed by atoms with E-state index >= 15 is 0 Å². The van der Waals surface area contributed by atoms with Crippen LogP contribution in [0.5, 0.6) is 11.5 Å². The Kier molecular flexibility index (Phi) is 8.35. The zero-order valence-electron chi connectivity index (χ0n) is 14.2. The predicted molar refractivity (Wildman–Crippen MR) is 111 cm³/mol. The molecule has 4 nitrogen and oxygen atoms in total. The Balaban J connectivity index is 0.00000312. The highest BCUT2D eigenvalue weighted by Crippen LogP contribution is 2.37. The molecule has 2 N–H and O–H groups in total. The van der Waals surface area contributed by atoms with Gasteiger partial charge in [-0.15, -0.1) is 12.4 Å². The van der Waals surface area contributed by atoms with E-state index in [2.05, 4.69) is 23.1 Å². The summed E-state index contributed by atoms with van der Waals surface area (Å²) >= 11 is 0. The van der Waals surface area contributed by atoms with Gasteiger partial charge < -0.3 is 10.2 Å².